The first-order valence-electron chi connectivity index (χ1n) is 12.4. The summed E-state index contributed by atoms with van der Waals surface area (Å²) in [6, 6.07) is 10.4. The second-order valence-corrected chi connectivity index (χ2v) is 8.62. The van der Waals surface area contributed by atoms with Crippen molar-refractivity contribution in [3.8, 4) is 40.6 Å². The summed E-state index contributed by atoms with van der Waals surface area (Å²) in [6.45, 7) is 0.144. The molecule has 3 aromatic carbocycles. The molecule has 0 spiro atoms. The van der Waals surface area contributed by atoms with Crippen molar-refractivity contribution in [2.75, 3.05) is 13.2 Å². The van der Waals surface area contributed by atoms with Crippen LogP contribution in [-0.4, -0.2) is 23.4 Å². The molecule has 39 heavy (non-hydrogen) atoms. The predicted molar refractivity (Wildman–Crippen MR) is 138 cm³/mol. The van der Waals surface area contributed by atoms with E-state index in [9.17, 15) is 22.0 Å². The van der Waals surface area contributed by atoms with Crippen LogP contribution in [-0.2, 0) is 6.11 Å². The Balaban J connectivity index is 1.75. The molecule has 0 fully saturated rings. The van der Waals surface area contributed by atoms with E-state index in [1.165, 1.54) is 36.4 Å². The molecule has 0 aliphatic heterocycles. The molecule has 0 aliphatic carbocycles. The highest BCUT2D eigenvalue weighted by Crippen LogP contribution is 2.37. The molecule has 0 atom stereocenters. The molecule has 3 aromatic rings. The van der Waals surface area contributed by atoms with Gasteiger partial charge in [-0.3, -0.25) is 0 Å². The van der Waals surface area contributed by atoms with Gasteiger partial charge in [0.25, 0.3) is 0 Å². The minimum absolute atomic E-state index is 0.0610. The van der Waals surface area contributed by atoms with Crippen LogP contribution in [0.5, 0.6) is 5.75 Å². The van der Waals surface area contributed by atoms with Gasteiger partial charge in [0.2, 0.25) is 0 Å². The third kappa shape index (κ3) is 8.58. The van der Waals surface area contributed by atoms with Crippen molar-refractivity contribution in [2.45, 2.75) is 44.6 Å². The van der Waals surface area contributed by atoms with Gasteiger partial charge < -0.3 is 14.9 Å². The summed E-state index contributed by atoms with van der Waals surface area (Å²) >= 11 is 0. The molecule has 0 unspecified atom stereocenters. The van der Waals surface area contributed by atoms with Crippen LogP contribution in [0.2, 0.25) is 0 Å². The van der Waals surface area contributed by atoms with E-state index in [4.69, 9.17) is 10.2 Å². The fraction of sp³-hybridized carbons (Fsp3) is 0.290. The molecule has 0 bridgehead atoms. The number of ether oxygens (including phenoxy) is 1. The summed E-state index contributed by atoms with van der Waals surface area (Å²) in [6.07, 6.45) is -0.606. The Kier molecular flexibility index (Phi) is 10.9. The molecule has 8 heteroatoms. The number of hydrogen-bond acceptors (Lipinski definition) is 3. The average molecular weight is 543 g/mol. The molecule has 0 aromatic heterocycles. The Hall–Kier alpha value is -3.85. The third-order valence-electron chi connectivity index (χ3n) is 5.60. The van der Waals surface area contributed by atoms with Crippen molar-refractivity contribution < 1.29 is 36.9 Å². The number of alkyl halides is 2. The molecule has 0 amide bonds. The summed E-state index contributed by atoms with van der Waals surface area (Å²) in [4.78, 5) is 0. The quantitative estimate of drug-likeness (QED) is 0.166. The number of halogens is 5. The molecule has 0 aliphatic rings. The standard InChI is InChI=1S/C31H27F5O3/c32-27-19-23(10-6-2-4-8-18-38)13-16-26(27)24-20-28(33)30(29(34)21-24)31(35,36)39-25-14-11-22(12-15-25)9-5-1-3-7-17-37/h11-16,19-21,37-38H,1-4,7-8,17-18H2. The van der Waals surface area contributed by atoms with Gasteiger partial charge in [0.05, 0.1) is 0 Å². The van der Waals surface area contributed by atoms with Crippen molar-refractivity contribution in [1.29, 1.82) is 0 Å². The van der Waals surface area contributed by atoms with Crippen LogP contribution < -0.4 is 4.74 Å². The second kappa shape index (κ2) is 14.3. The number of unbranched alkanes of at least 4 members (excludes halogenated alkanes) is 4. The van der Waals surface area contributed by atoms with E-state index in [2.05, 4.69) is 28.4 Å². The maximum atomic E-state index is 14.8. The molecule has 204 valence electrons. The van der Waals surface area contributed by atoms with Gasteiger partial charge in [0.1, 0.15) is 28.8 Å². The van der Waals surface area contributed by atoms with Crippen LogP contribution in [0, 0.1) is 41.1 Å². The Morgan fingerprint density at radius 3 is 1.74 bits per heavy atom. The van der Waals surface area contributed by atoms with Crippen LogP contribution in [0.1, 0.15) is 55.2 Å². The van der Waals surface area contributed by atoms with Crippen LogP contribution in [0.4, 0.5) is 22.0 Å². The maximum absolute atomic E-state index is 14.8. The fourth-order valence-electron chi connectivity index (χ4n) is 3.62. The minimum Gasteiger partial charge on any atom is -0.429 e. The summed E-state index contributed by atoms with van der Waals surface area (Å²) < 4.78 is 78.4. The first-order valence-corrected chi connectivity index (χ1v) is 12.4. The fourth-order valence-corrected chi connectivity index (χ4v) is 3.62. The second-order valence-electron chi connectivity index (χ2n) is 8.62. The van der Waals surface area contributed by atoms with E-state index in [-0.39, 0.29) is 30.1 Å². The smallest absolute Gasteiger partial charge is 0.429 e. The molecule has 0 radical (unpaired) electrons. The lowest BCUT2D eigenvalue weighted by molar-refractivity contribution is -0.189. The summed E-state index contributed by atoms with van der Waals surface area (Å²) in [5, 5.41) is 17.5. The Morgan fingerprint density at radius 1 is 0.667 bits per heavy atom. The summed E-state index contributed by atoms with van der Waals surface area (Å²) in [5.74, 6) is 7.03. The van der Waals surface area contributed by atoms with Gasteiger partial charge in [-0.05, 0) is 79.8 Å². The maximum Gasteiger partial charge on any atom is 0.432 e. The number of hydrogen-bond donors (Lipinski definition) is 2. The van der Waals surface area contributed by atoms with E-state index in [0.717, 1.165) is 12.5 Å². The summed E-state index contributed by atoms with van der Waals surface area (Å²) in [5.41, 5.74) is -1.15. The van der Waals surface area contributed by atoms with E-state index >= 15 is 0 Å². The first-order chi connectivity index (χ1) is 18.7. The van der Waals surface area contributed by atoms with Crippen molar-refractivity contribution in [1.82, 2.24) is 0 Å². The Labute approximate surface area is 224 Å². The zero-order chi connectivity index (χ0) is 28.3. The first kappa shape index (κ1) is 29.7. The number of aliphatic hydroxyl groups is 2. The Bertz CT molecular complexity index is 1360. The van der Waals surface area contributed by atoms with Crippen LogP contribution in [0.3, 0.4) is 0 Å². The normalized spacial score (nSPS) is 10.8. The highest BCUT2D eigenvalue weighted by Gasteiger charge is 2.41. The SMILES string of the molecule is OCCCCC#Cc1ccc(OC(F)(F)c2c(F)cc(-c3ccc(C#CCCCCO)cc3F)cc2F)cc1. The highest BCUT2D eigenvalue weighted by molar-refractivity contribution is 5.66. The van der Waals surface area contributed by atoms with E-state index in [1.54, 1.807) is 0 Å². The van der Waals surface area contributed by atoms with Gasteiger partial charge in [-0.1, -0.05) is 29.7 Å². The lowest BCUT2D eigenvalue weighted by atomic mass is 10.0. The molecule has 0 heterocycles. The van der Waals surface area contributed by atoms with Crippen LogP contribution >= 0.6 is 0 Å². The summed E-state index contributed by atoms with van der Waals surface area (Å²) in [7, 11) is 0. The van der Waals surface area contributed by atoms with Crippen molar-refractivity contribution in [3.05, 3.63) is 88.7 Å². The van der Waals surface area contributed by atoms with Gasteiger partial charge in [0.15, 0.2) is 0 Å². The number of benzene rings is 3. The van der Waals surface area contributed by atoms with Crippen molar-refractivity contribution >= 4 is 0 Å². The molecule has 3 nitrogen and oxygen atoms in total. The van der Waals surface area contributed by atoms with Gasteiger partial charge in [0, 0.05) is 42.7 Å². The lowest BCUT2D eigenvalue weighted by Gasteiger charge is -2.20. The highest BCUT2D eigenvalue weighted by atomic mass is 19.3. The van der Waals surface area contributed by atoms with Crippen LogP contribution in [0.15, 0.2) is 54.6 Å². The molecule has 0 saturated carbocycles. The third-order valence-corrected chi connectivity index (χ3v) is 5.60. The largest absolute Gasteiger partial charge is 0.432 e. The molecule has 2 N–H and O–H groups in total. The van der Waals surface area contributed by atoms with Gasteiger partial charge in [-0.2, -0.15) is 8.78 Å². The van der Waals surface area contributed by atoms with Crippen molar-refractivity contribution in [3.63, 3.8) is 0 Å². The van der Waals surface area contributed by atoms with Gasteiger partial charge in [-0.25, -0.2) is 13.2 Å². The van der Waals surface area contributed by atoms with E-state index in [0.29, 0.717) is 55.4 Å². The predicted octanol–water partition coefficient (Wildman–Crippen LogP) is 6.93. The molecule has 0 saturated heterocycles. The van der Waals surface area contributed by atoms with Gasteiger partial charge >= 0.3 is 6.11 Å². The zero-order valence-electron chi connectivity index (χ0n) is 21.0. The zero-order valence-corrected chi connectivity index (χ0v) is 21.0. The Morgan fingerprint density at radius 2 is 1.21 bits per heavy atom. The van der Waals surface area contributed by atoms with Crippen molar-refractivity contribution in [2.24, 2.45) is 0 Å². The van der Waals surface area contributed by atoms with Crippen LogP contribution in [0.25, 0.3) is 11.1 Å². The molecular formula is C31H27F5O3. The minimum atomic E-state index is -4.35. The molecule has 3 rings (SSSR count). The molecular weight excluding hydrogens is 515 g/mol. The number of aliphatic hydroxyl groups excluding tert-OH is 2. The lowest BCUT2D eigenvalue weighted by Crippen LogP contribution is -2.25. The van der Waals surface area contributed by atoms with Gasteiger partial charge in [-0.15, -0.1) is 0 Å². The van der Waals surface area contributed by atoms with E-state index in [1.807, 2.05) is 0 Å². The van der Waals surface area contributed by atoms with E-state index < -0.39 is 29.1 Å². The monoisotopic (exact) mass is 542 g/mol. The topological polar surface area (TPSA) is 49.7 Å². The average Bonchev–Trinajstić information content (AvgIpc) is 2.88. The number of rotatable bonds is 10.